The number of nitrogens with one attached hydrogen (secondary N) is 1. The van der Waals surface area contributed by atoms with Crippen LogP contribution in [0.5, 0.6) is 5.75 Å². The summed E-state index contributed by atoms with van der Waals surface area (Å²) in [6.07, 6.45) is -0.718. The van der Waals surface area contributed by atoms with Crippen LogP contribution in [0.2, 0.25) is 0 Å². The van der Waals surface area contributed by atoms with Gasteiger partial charge in [-0.15, -0.1) is 0 Å². The first-order valence-electron chi connectivity index (χ1n) is 10.1. The number of para-hydroxylation sites is 1. The van der Waals surface area contributed by atoms with Gasteiger partial charge in [0.2, 0.25) is 0 Å². The molecule has 0 aliphatic rings. The van der Waals surface area contributed by atoms with Gasteiger partial charge in [-0.3, -0.25) is 9.59 Å². The Morgan fingerprint density at radius 3 is 2.23 bits per heavy atom. The molecular weight excluding hydrogens is 374 g/mol. The van der Waals surface area contributed by atoms with Gasteiger partial charge < -0.3 is 10.1 Å². The molecule has 0 radical (unpaired) electrons. The van der Waals surface area contributed by atoms with Crippen LogP contribution in [0.1, 0.15) is 53.7 Å². The largest absolute Gasteiger partial charge is 0.481 e. The molecule has 1 atom stereocenters. The van der Waals surface area contributed by atoms with Gasteiger partial charge in [-0.05, 0) is 49.1 Å². The fourth-order valence-corrected chi connectivity index (χ4v) is 3.23. The molecule has 3 aromatic rings. The number of hydrogen-bond donors (Lipinski definition) is 1. The highest BCUT2D eigenvalue weighted by atomic mass is 16.5. The first kappa shape index (κ1) is 21.3. The van der Waals surface area contributed by atoms with Crippen molar-refractivity contribution in [1.29, 1.82) is 0 Å². The standard InChI is InChI=1S/C26H27NO3/c1-17(2)21-15-14-18(3)16-24(21)30-19(4)26(29)27-23-13-9-8-12-22(23)25(28)20-10-6-5-7-11-20/h5-17,19H,1-4H3,(H,27,29)/t19-/m1/s1. The van der Waals surface area contributed by atoms with Gasteiger partial charge in [-0.1, -0.05) is 68.4 Å². The maximum Gasteiger partial charge on any atom is 0.265 e. The normalized spacial score (nSPS) is 11.8. The second-order valence-electron chi connectivity index (χ2n) is 7.69. The Bertz CT molecular complexity index is 1040. The molecule has 0 spiro atoms. The van der Waals surface area contributed by atoms with E-state index in [9.17, 15) is 9.59 Å². The maximum absolute atomic E-state index is 12.9. The molecule has 4 heteroatoms. The van der Waals surface area contributed by atoms with Crippen molar-refractivity contribution in [3.63, 3.8) is 0 Å². The third-order valence-corrected chi connectivity index (χ3v) is 4.93. The second kappa shape index (κ2) is 9.40. The van der Waals surface area contributed by atoms with E-state index in [1.807, 2.05) is 43.3 Å². The third-order valence-electron chi connectivity index (χ3n) is 4.93. The zero-order chi connectivity index (χ0) is 21.7. The SMILES string of the molecule is Cc1ccc(C(C)C)c(O[C@H](C)C(=O)Nc2ccccc2C(=O)c2ccccc2)c1. The molecule has 0 saturated heterocycles. The van der Waals surface area contributed by atoms with Crippen LogP contribution in [0.25, 0.3) is 0 Å². The summed E-state index contributed by atoms with van der Waals surface area (Å²) in [6.45, 7) is 7.89. The van der Waals surface area contributed by atoms with Crippen LogP contribution >= 0.6 is 0 Å². The predicted octanol–water partition coefficient (Wildman–Crippen LogP) is 5.76. The number of rotatable bonds is 7. The number of anilines is 1. The first-order valence-corrected chi connectivity index (χ1v) is 10.1. The molecule has 0 heterocycles. The molecule has 154 valence electrons. The molecule has 0 fully saturated rings. The summed E-state index contributed by atoms with van der Waals surface area (Å²) in [5.74, 6) is 0.543. The first-order chi connectivity index (χ1) is 14.4. The summed E-state index contributed by atoms with van der Waals surface area (Å²) >= 11 is 0. The van der Waals surface area contributed by atoms with Gasteiger partial charge in [0.15, 0.2) is 11.9 Å². The van der Waals surface area contributed by atoms with Crippen LogP contribution in [0.3, 0.4) is 0 Å². The lowest BCUT2D eigenvalue weighted by Gasteiger charge is -2.20. The number of ether oxygens (including phenoxy) is 1. The molecule has 30 heavy (non-hydrogen) atoms. The number of carbonyl (C=O) groups is 2. The van der Waals surface area contributed by atoms with E-state index in [4.69, 9.17) is 4.74 Å². The predicted molar refractivity (Wildman–Crippen MR) is 120 cm³/mol. The fourth-order valence-electron chi connectivity index (χ4n) is 3.23. The molecule has 0 aromatic heterocycles. The maximum atomic E-state index is 12.9. The van der Waals surface area contributed by atoms with Crippen molar-refractivity contribution in [1.82, 2.24) is 0 Å². The summed E-state index contributed by atoms with van der Waals surface area (Å²) in [6, 6.07) is 22.1. The summed E-state index contributed by atoms with van der Waals surface area (Å²) in [7, 11) is 0. The number of amides is 1. The van der Waals surface area contributed by atoms with Crippen molar-refractivity contribution in [2.45, 2.75) is 39.7 Å². The molecule has 3 rings (SSSR count). The second-order valence-corrected chi connectivity index (χ2v) is 7.69. The number of benzene rings is 3. The van der Waals surface area contributed by atoms with Gasteiger partial charge in [-0.25, -0.2) is 0 Å². The van der Waals surface area contributed by atoms with Gasteiger partial charge in [0.05, 0.1) is 5.69 Å². The van der Waals surface area contributed by atoms with Crippen molar-refractivity contribution in [2.75, 3.05) is 5.32 Å². The van der Waals surface area contributed by atoms with E-state index in [0.717, 1.165) is 11.1 Å². The van der Waals surface area contributed by atoms with Gasteiger partial charge in [0, 0.05) is 11.1 Å². The topological polar surface area (TPSA) is 55.4 Å². The Balaban J connectivity index is 1.79. The minimum absolute atomic E-state index is 0.138. The van der Waals surface area contributed by atoms with Crippen LogP contribution in [-0.2, 0) is 4.79 Å². The van der Waals surface area contributed by atoms with Gasteiger partial charge in [0.1, 0.15) is 5.75 Å². The van der Waals surface area contributed by atoms with Gasteiger partial charge in [0.25, 0.3) is 5.91 Å². The van der Waals surface area contributed by atoms with Crippen molar-refractivity contribution in [3.8, 4) is 5.75 Å². The Hall–Kier alpha value is -3.40. The number of aryl methyl sites for hydroxylation is 1. The van der Waals surface area contributed by atoms with E-state index < -0.39 is 6.10 Å². The highest BCUT2D eigenvalue weighted by molar-refractivity contribution is 6.14. The van der Waals surface area contributed by atoms with Gasteiger partial charge in [-0.2, -0.15) is 0 Å². The van der Waals surface area contributed by atoms with Crippen LogP contribution in [0.15, 0.2) is 72.8 Å². The lowest BCUT2D eigenvalue weighted by molar-refractivity contribution is -0.122. The lowest BCUT2D eigenvalue weighted by atomic mass is 10.0. The van der Waals surface area contributed by atoms with Crippen molar-refractivity contribution in [2.24, 2.45) is 0 Å². The van der Waals surface area contributed by atoms with E-state index in [1.165, 1.54) is 0 Å². The molecule has 0 aliphatic heterocycles. The van der Waals surface area contributed by atoms with Gasteiger partial charge >= 0.3 is 0 Å². The number of carbonyl (C=O) groups excluding carboxylic acids is 2. The van der Waals surface area contributed by atoms with Crippen LogP contribution in [0.4, 0.5) is 5.69 Å². The van der Waals surface area contributed by atoms with E-state index in [-0.39, 0.29) is 17.6 Å². The lowest BCUT2D eigenvalue weighted by Crippen LogP contribution is -2.31. The van der Waals surface area contributed by atoms with E-state index >= 15 is 0 Å². The average molecular weight is 402 g/mol. The summed E-state index contributed by atoms with van der Waals surface area (Å²) in [5, 5.41) is 2.86. The average Bonchev–Trinajstić information content (AvgIpc) is 2.74. The van der Waals surface area contributed by atoms with Crippen molar-refractivity contribution < 1.29 is 14.3 Å². The highest BCUT2D eigenvalue weighted by Gasteiger charge is 2.20. The zero-order valence-corrected chi connectivity index (χ0v) is 17.8. The molecule has 4 nitrogen and oxygen atoms in total. The minimum Gasteiger partial charge on any atom is -0.481 e. The smallest absolute Gasteiger partial charge is 0.265 e. The zero-order valence-electron chi connectivity index (χ0n) is 17.8. The summed E-state index contributed by atoms with van der Waals surface area (Å²) in [5.41, 5.74) is 3.62. The Labute approximate surface area is 177 Å². The molecule has 0 saturated carbocycles. The Morgan fingerprint density at radius 2 is 1.53 bits per heavy atom. The van der Waals surface area contributed by atoms with E-state index in [0.29, 0.717) is 22.6 Å². The molecule has 1 N–H and O–H groups in total. The van der Waals surface area contributed by atoms with E-state index in [1.54, 1.807) is 43.3 Å². The Morgan fingerprint density at radius 1 is 0.867 bits per heavy atom. The van der Waals surface area contributed by atoms with Crippen LogP contribution in [0, 0.1) is 6.92 Å². The van der Waals surface area contributed by atoms with Crippen molar-refractivity contribution in [3.05, 3.63) is 95.1 Å². The third kappa shape index (κ3) is 4.95. The van der Waals surface area contributed by atoms with Crippen LogP contribution < -0.4 is 10.1 Å². The quantitative estimate of drug-likeness (QED) is 0.513. The molecule has 1 amide bonds. The Kier molecular flexibility index (Phi) is 6.68. The monoisotopic (exact) mass is 401 g/mol. The summed E-state index contributed by atoms with van der Waals surface area (Å²) < 4.78 is 6.01. The number of hydrogen-bond acceptors (Lipinski definition) is 3. The van der Waals surface area contributed by atoms with Crippen molar-refractivity contribution >= 4 is 17.4 Å². The summed E-state index contributed by atoms with van der Waals surface area (Å²) in [4.78, 5) is 25.7. The van der Waals surface area contributed by atoms with Crippen LogP contribution in [-0.4, -0.2) is 17.8 Å². The molecule has 0 bridgehead atoms. The molecule has 0 unspecified atom stereocenters. The van der Waals surface area contributed by atoms with E-state index in [2.05, 4.69) is 19.2 Å². The minimum atomic E-state index is -0.718. The molecule has 3 aromatic carbocycles. The number of ketones is 1. The molecule has 0 aliphatic carbocycles. The fraction of sp³-hybridized carbons (Fsp3) is 0.231. The highest BCUT2D eigenvalue weighted by Crippen LogP contribution is 2.28. The molecular formula is C26H27NO3.